The second kappa shape index (κ2) is 5.26. The minimum Gasteiger partial charge on any atom is -0.324 e. The summed E-state index contributed by atoms with van der Waals surface area (Å²) >= 11 is 0. The number of nitrogens with one attached hydrogen (secondary N) is 2. The Kier molecular flexibility index (Phi) is 3.82. The molecule has 2 rings (SSSR count). The molecule has 1 fully saturated rings. The zero-order valence-corrected chi connectivity index (χ0v) is 12.3. The number of hydrogen-bond acceptors (Lipinski definition) is 3. The molecule has 0 saturated carbocycles. The fraction of sp³-hybridized carbons (Fsp3) is 0.500. The van der Waals surface area contributed by atoms with E-state index < -0.39 is 11.0 Å². The van der Waals surface area contributed by atoms with Gasteiger partial charge in [-0.1, -0.05) is 12.1 Å². The summed E-state index contributed by atoms with van der Waals surface area (Å²) in [5.74, 6) is 0.00212. The Morgan fingerprint density at radius 2 is 2.05 bits per heavy atom. The zero-order chi connectivity index (χ0) is 14.8. The van der Waals surface area contributed by atoms with Crippen LogP contribution in [0, 0.1) is 11.3 Å². The Bertz CT molecular complexity index is 534. The third kappa shape index (κ3) is 2.83. The number of nitriles is 1. The van der Waals surface area contributed by atoms with Crippen LogP contribution in [0.5, 0.6) is 0 Å². The van der Waals surface area contributed by atoms with Gasteiger partial charge in [0.1, 0.15) is 0 Å². The van der Waals surface area contributed by atoms with E-state index in [0.717, 1.165) is 30.6 Å². The maximum atomic E-state index is 12.2. The van der Waals surface area contributed by atoms with Crippen molar-refractivity contribution in [2.45, 2.75) is 44.6 Å². The maximum absolute atomic E-state index is 12.2. The van der Waals surface area contributed by atoms with E-state index in [1.54, 1.807) is 0 Å². The van der Waals surface area contributed by atoms with Crippen LogP contribution in [0.25, 0.3) is 0 Å². The largest absolute Gasteiger partial charge is 0.324 e. The fourth-order valence-corrected chi connectivity index (χ4v) is 2.39. The number of carbonyl (C=O) groups is 1. The van der Waals surface area contributed by atoms with Gasteiger partial charge >= 0.3 is 0 Å². The Morgan fingerprint density at radius 3 is 2.55 bits per heavy atom. The Morgan fingerprint density at radius 1 is 1.40 bits per heavy atom. The van der Waals surface area contributed by atoms with Gasteiger partial charge in [0.05, 0.1) is 17.0 Å². The summed E-state index contributed by atoms with van der Waals surface area (Å²) in [4.78, 5) is 12.2. The lowest BCUT2D eigenvalue weighted by Crippen LogP contribution is -2.47. The van der Waals surface area contributed by atoms with Crippen molar-refractivity contribution in [2.24, 2.45) is 0 Å². The van der Waals surface area contributed by atoms with Gasteiger partial charge in [0, 0.05) is 5.69 Å². The smallest absolute Gasteiger partial charge is 0.244 e. The van der Waals surface area contributed by atoms with Gasteiger partial charge in [-0.15, -0.1) is 0 Å². The molecule has 1 heterocycles. The molecule has 0 bridgehead atoms. The lowest BCUT2D eigenvalue weighted by molar-refractivity contribution is -0.121. The van der Waals surface area contributed by atoms with Crippen molar-refractivity contribution < 1.29 is 4.79 Å². The summed E-state index contributed by atoms with van der Waals surface area (Å²) in [6.45, 7) is 6.58. The topological polar surface area (TPSA) is 64.9 Å². The molecule has 1 saturated heterocycles. The lowest BCUT2D eigenvalue weighted by Gasteiger charge is -2.23. The SMILES string of the molecule is CC1(C(=O)Nc2ccc(C(C)(C)C#N)cc2)CCCN1. The van der Waals surface area contributed by atoms with Crippen LogP contribution in [0.15, 0.2) is 24.3 Å². The monoisotopic (exact) mass is 271 g/mol. The summed E-state index contributed by atoms with van der Waals surface area (Å²) < 4.78 is 0. The van der Waals surface area contributed by atoms with Gasteiger partial charge in [0.2, 0.25) is 5.91 Å². The van der Waals surface area contributed by atoms with Crippen molar-refractivity contribution >= 4 is 11.6 Å². The van der Waals surface area contributed by atoms with Gasteiger partial charge in [0.25, 0.3) is 0 Å². The molecule has 1 amide bonds. The molecule has 2 N–H and O–H groups in total. The predicted octanol–water partition coefficient (Wildman–Crippen LogP) is 2.57. The summed E-state index contributed by atoms with van der Waals surface area (Å²) in [5, 5.41) is 15.3. The molecule has 0 spiro atoms. The average molecular weight is 271 g/mol. The highest BCUT2D eigenvalue weighted by atomic mass is 16.2. The third-order valence-electron chi connectivity index (χ3n) is 4.01. The van der Waals surface area contributed by atoms with E-state index in [2.05, 4.69) is 16.7 Å². The van der Waals surface area contributed by atoms with Crippen molar-refractivity contribution in [3.05, 3.63) is 29.8 Å². The zero-order valence-electron chi connectivity index (χ0n) is 12.3. The summed E-state index contributed by atoms with van der Waals surface area (Å²) in [5.41, 5.74) is 0.733. The number of carbonyl (C=O) groups excluding carboxylic acids is 1. The highest BCUT2D eigenvalue weighted by molar-refractivity contribution is 5.98. The van der Waals surface area contributed by atoms with E-state index in [1.807, 2.05) is 45.0 Å². The van der Waals surface area contributed by atoms with Crippen LogP contribution in [0.4, 0.5) is 5.69 Å². The van der Waals surface area contributed by atoms with Crippen molar-refractivity contribution in [1.29, 1.82) is 5.26 Å². The van der Waals surface area contributed by atoms with Crippen LogP contribution in [0.2, 0.25) is 0 Å². The lowest BCUT2D eigenvalue weighted by atomic mass is 9.86. The van der Waals surface area contributed by atoms with Gasteiger partial charge in [0.15, 0.2) is 0 Å². The fourth-order valence-electron chi connectivity index (χ4n) is 2.39. The van der Waals surface area contributed by atoms with Crippen molar-refractivity contribution in [3.63, 3.8) is 0 Å². The number of nitrogens with zero attached hydrogens (tertiary/aromatic N) is 1. The molecule has 0 aliphatic carbocycles. The molecule has 4 nitrogen and oxygen atoms in total. The van der Waals surface area contributed by atoms with E-state index >= 15 is 0 Å². The van der Waals surface area contributed by atoms with Crippen LogP contribution in [0.1, 0.15) is 39.2 Å². The van der Waals surface area contributed by atoms with Gasteiger partial charge in [-0.25, -0.2) is 0 Å². The molecule has 1 aromatic rings. The quantitative estimate of drug-likeness (QED) is 0.888. The first-order valence-corrected chi connectivity index (χ1v) is 6.96. The van der Waals surface area contributed by atoms with Crippen LogP contribution >= 0.6 is 0 Å². The van der Waals surface area contributed by atoms with Gasteiger partial charge in [-0.2, -0.15) is 5.26 Å². The van der Waals surface area contributed by atoms with Gasteiger partial charge in [-0.05, 0) is 57.9 Å². The molecule has 4 heteroatoms. The second-order valence-corrected chi connectivity index (χ2v) is 6.13. The van der Waals surface area contributed by atoms with Gasteiger partial charge in [-0.3, -0.25) is 4.79 Å². The van der Waals surface area contributed by atoms with Crippen LogP contribution in [-0.4, -0.2) is 18.0 Å². The summed E-state index contributed by atoms with van der Waals surface area (Å²) in [7, 11) is 0. The molecular weight excluding hydrogens is 250 g/mol. The van der Waals surface area contributed by atoms with E-state index in [0.29, 0.717) is 0 Å². The molecular formula is C16H21N3O. The molecule has 1 aliphatic rings. The molecule has 20 heavy (non-hydrogen) atoms. The predicted molar refractivity (Wildman–Crippen MR) is 79.4 cm³/mol. The van der Waals surface area contributed by atoms with E-state index in [4.69, 9.17) is 5.26 Å². The first-order valence-electron chi connectivity index (χ1n) is 6.96. The van der Waals surface area contributed by atoms with Crippen molar-refractivity contribution in [2.75, 3.05) is 11.9 Å². The molecule has 106 valence electrons. The Hall–Kier alpha value is -1.86. The van der Waals surface area contributed by atoms with Crippen molar-refractivity contribution in [1.82, 2.24) is 5.32 Å². The molecule has 1 aromatic carbocycles. The number of anilines is 1. The standard InChI is InChI=1S/C16H21N3O/c1-15(2,11-17)12-5-7-13(8-6-12)19-14(20)16(3)9-4-10-18-16/h5-8,18H,4,9-10H2,1-3H3,(H,19,20). The molecule has 0 aromatic heterocycles. The Labute approximate surface area is 120 Å². The average Bonchev–Trinajstić information content (AvgIpc) is 2.88. The molecule has 0 radical (unpaired) electrons. The first kappa shape index (κ1) is 14.5. The van der Waals surface area contributed by atoms with Crippen LogP contribution < -0.4 is 10.6 Å². The summed E-state index contributed by atoms with van der Waals surface area (Å²) in [6.07, 6.45) is 1.89. The number of rotatable bonds is 3. The van der Waals surface area contributed by atoms with Gasteiger partial charge < -0.3 is 10.6 Å². The van der Waals surface area contributed by atoms with Crippen LogP contribution in [0.3, 0.4) is 0 Å². The first-order chi connectivity index (χ1) is 9.37. The third-order valence-corrected chi connectivity index (χ3v) is 4.01. The van der Waals surface area contributed by atoms with E-state index in [1.165, 1.54) is 0 Å². The molecule has 1 atom stereocenters. The Balaban J connectivity index is 2.08. The normalized spacial score (nSPS) is 22.3. The minimum absolute atomic E-state index is 0.00212. The number of hydrogen-bond donors (Lipinski definition) is 2. The molecule has 1 aliphatic heterocycles. The highest BCUT2D eigenvalue weighted by Crippen LogP contribution is 2.25. The maximum Gasteiger partial charge on any atom is 0.244 e. The molecule has 1 unspecified atom stereocenters. The highest BCUT2D eigenvalue weighted by Gasteiger charge is 2.35. The number of amides is 1. The van der Waals surface area contributed by atoms with E-state index in [9.17, 15) is 4.79 Å². The van der Waals surface area contributed by atoms with E-state index in [-0.39, 0.29) is 5.91 Å². The second-order valence-electron chi connectivity index (χ2n) is 6.13. The minimum atomic E-state index is -0.512. The summed E-state index contributed by atoms with van der Waals surface area (Å²) in [6, 6.07) is 9.76. The van der Waals surface area contributed by atoms with Crippen molar-refractivity contribution in [3.8, 4) is 6.07 Å². The number of benzene rings is 1. The van der Waals surface area contributed by atoms with Crippen LogP contribution in [-0.2, 0) is 10.2 Å².